The van der Waals surface area contributed by atoms with E-state index in [1.165, 1.54) is 7.11 Å². The monoisotopic (exact) mass is 468 g/mol. The highest BCUT2D eigenvalue weighted by Gasteiger charge is 2.35. The lowest BCUT2D eigenvalue weighted by atomic mass is 9.96. The molecule has 5 aromatic rings. The number of hydrogen-bond donors (Lipinski definition) is 3. The number of aromatic nitrogens is 2. The van der Waals surface area contributed by atoms with E-state index in [1.807, 2.05) is 43.4 Å². The van der Waals surface area contributed by atoms with E-state index in [0.717, 1.165) is 49.2 Å². The van der Waals surface area contributed by atoms with Crippen molar-refractivity contribution in [1.29, 1.82) is 0 Å². The molecule has 6 rings (SSSR count). The van der Waals surface area contributed by atoms with Crippen LogP contribution in [0.5, 0.6) is 0 Å². The molecule has 0 atom stereocenters. The van der Waals surface area contributed by atoms with E-state index in [4.69, 9.17) is 4.74 Å². The number of ether oxygens (including phenoxy) is 1. The molecule has 0 saturated carbocycles. The van der Waals surface area contributed by atoms with Crippen molar-refractivity contribution >= 4 is 61.4 Å². The summed E-state index contributed by atoms with van der Waals surface area (Å²) in [6.07, 6.45) is 1.05. The van der Waals surface area contributed by atoms with Gasteiger partial charge in [-0.3, -0.25) is 19.7 Å². The molecule has 0 unspecified atom stereocenters. The minimum atomic E-state index is -0.360. The molecule has 3 heterocycles. The highest BCUT2D eigenvalue weighted by Crippen LogP contribution is 2.43. The number of esters is 1. The molecule has 2 amide bonds. The number of aryl methyl sites for hydroxylation is 1. The number of nitrogens with zero attached hydrogens (tertiary/aromatic N) is 1. The Kier molecular flexibility index (Phi) is 4.86. The molecular formula is C27H24N4O4. The van der Waals surface area contributed by atoms with Gasteiger partial charge < -0.3 is 19.6 Å². The Morgan fingerprint density at radius 2 is 1.71 bits per heavy atom. The second-order valence-corrected chi connectivity index (χ2v) is 8.91. The first-order valence-electron chi connectivity index (χ1n) is 11.6. The van der Waals surface area contributed by atoms with Crippen LogP contribution < -0.4 is 10.6 Å². The van der Waals surface area contributed by atoms with Gasteiger partial charge in [0, 0.05) is 47.1 Å². The zero-order chi connectivity index (χ0) is 24.3. The van der Waals surface area contributed by atoms with Gasteiger partial charge in [0.1, 0.15) is 0 Å². The van der Waals surface area contributed by atoms with Crippen molar-refractivity contribution in [3.8, 4) is 0 Å². The third kappa shape index (κ3) is 3.06. The molecule has 0 fully saturated rings. The zero-order valence-corrected chi connectivity index (χ0v) is 19.5. The summed E-state index contributed by atoms with van der Waals surface area (Å²) in [4.78, 5) is 40.9. The van der Waals surface area contributed by atoms with E-state index in [2.05, 4.69) is 26.3 Å². The number of rotatable bonds is 6. The number of amides is 2. The van der Waals surface area contributed by atoms with Crippen LogP contribution in [0.15, 0.2) is 42.5 Å². The van der Waals surface area contributed by atoms with Gasteiger partial charge in [-0.15, -0.1) is 0 Å². The molecule has 0 spiro atoms. The minimum absolute atomic E-state index is 0.216. The summed E-state index contributed by atoms with van der Waals surface area (Å²) in [7, 11) is 3.39. The van der Waals surface area contributed by atoms with Crippen molar-refractivity contribution in [2.75, 3.05) is 13.7 Å². The lowest BCUT2D eigenvalue weighted by molar-refractivity contribution is -0.140. The third-order valence-corrected chi connectivity index (χ3v) is 6.95. The van der Waals surface area contributed by atoms with Crippen molar-refractivity contribution in [2.45, 2.75) is 19.4 Å². The van der Waals surface area contributed by atoms with Crippen LogP contribution in [-0.4, -0.2) is 41.0 Å². The topological polar surface area (TPSA) is 105 Å². The minimum Gasteiger partial charge on any atom is -0.469 e. The summed E-state index contributed by atoms with van der Waals surface area (Å²) in [6, 6.07) is 13.9. The van der Waals surface area contributed by atoms with Gasteiger partial charge in [0.25, 0.3) is 11.8 Å². The van der Waals surface area contributed by atoms with Crippen LogP contribution in [0.2, 0.25) is 0 Å². The molecule has 3 aromatic carbocycles. The van der Waals surface area contributed by atoms with Crippen LogP contribution in [0.4, 0.5) is 0 Å². The molecule has 0 radical (unpaired) electrons. The number of hydrogen-bond acceptors (Lipinski definition) is 5. The number of methoxy groups -OCH3 is 1. The Morgan fingerprint density at radius 1 is 0.971 bits per heavy atom. The Labute approximate surface area is 200 Å². The molecule has 176 valence electrons. The number of para-hydroxylation sites is 2. The highest BCUT2D eigenvalue weighted by atomic mass is 16.5. The van der Waals surface area contributed by atoms with Crippen molar-refractivity contribution in [3.05, 3.63) is 59.2 Å². The first-order valence-corrected chi connectivity index (χ1v) is 11.6. The maximum atomic E-state index is 13.1. The van der Waals surface area contributed by atoms with E-state index in [-0.39, 0.29) is 17.8 Å². The molecule has 3 N–H and O–H groups in total. The van der Waals surface area contributed by atoms with Gasteiger partial charge in [-0.2, -0.15) is 0 Å². The molecule has 35 heavy (non-hydrogen) atoms. The Morgan fingerprint density at radius 3 is 2.51 bits per heavy atom. The number of nitrogens with one attached hydrogen (secondary N) is 3. The number of fused-ring (bicyclic) bond motifs is 10. The van der Waals surface area contributed by atoms with Crippen LogP contribution in [0.25, 0.3) is 43.6 Å². The second kappa shape index (κ2) is 7.95. The Bertz CT molecular complexity index is 1710. The Balaban J connectivity index is 1.58. The van der Waals surface area contributed by atoms with E-state index < -0.39 is 0 Å². The van der Waals surface area contributed by atoms with Gasteiger partial charge >= 0.3 is 5.97 Å². The fourth-order valence-corrected chi connectivity index (χ4v) is 5.48. The van der Waals surface area contributed by atoms with Crippen molar-refractivity contribution in [2.24, 2.45) is 7.05 Å². The maximum absolute atomic E-state index is 13.1. The summed E-state index contributed by atoms with van der Waals surface area (Å²) >= 11 is 0. The standard InChI is InChI=1S/C27H24N4O4/c1-31-24-14(13-28-12-6-11-18(32)35-2)7-5-9-16(24)20-22-21(26(33)30-27(22)34)19-15-8-3-4-10-17(15)29-23(19)25(20)31/h3-5,7-10,28-29H,6,11-13H2,1-2H3,(H,30,33,34). The largest absolute Gasteiger partial charge is 0.469 e. The zero-order valence-electron chi connectivity index (χ0n) is 19.5. The van der Waals surface area contributed by atoms with Gasteiger partial charge in [0.2, 0.25) is 0 Å². The summed E-state index contributed by atoms with van der Waals surface area (Å²) < 4.78 is 6.82. The summed E-state index contributed by atoms with van der Waals surface area (Å²) in [5, 5.41) is 9.34. The number of benzene rings is 3. The molecule has 0 saturated heterocycles. The lowest BCUT2D eigenvalue weighted by Gasteiger charge is -2.08. The second-order valence-electron chi connectivity index (χ2n) is 8.91. The highest BCUT2D eigenvalue weighted by molar-refractivity contribution is 6.39. The molecule has 0 aliphatic carbocycles. The van der Waals surface area contributed by atoms with E-state index in [0.29, 0.717) is 37.1 Å². The van der Waals surface area contributed by atoms with Crippen LogP contribution in [0.3, 0.4) is 0 Å². The molecular weight excluding hydrogens is 444 g/mol. The van der Waals surface area contributed by atoms with Gasteiger partial charge in [-0.25, -0.2) is 0 Å². The quantitative estimate of drug-likeness (QED) is 0.199. The van der Waals surface area contributed by atoms with E-state index >= 15 is 0 Å². The SMILES string of the molecule is COC(=O)CCCNCc1cccc2c3c4c(c5c6ccccc6[nH]c5c3n(C)c12)C(=O)NC4=O. The fourth-order valence-electron chi connectivity index (χ4n) is 5.48. The summed E-state index contributed by atoms with van der Waals surface area (Å²) in [6.45, 7) is 1.28. The molecule has 2 aromatic heterocycles. The van der Waals surface area contributed by atoms with Crippen LogP contribution in [0, 0.1) is 0 Å². The predicted octanol–water partition coefficient (Wildman–Crippen LogP) is 3.89. The van der Waals surface area contributed by atoms with Crippen LogP contribution >= 0.6 is 0 Å². The van der Waals surface area contributed by atoms with E-state index in [1.54, 1.807) is 0 Å². The van der Waals surface area contributed by atoms with Crippen LogP contribution in [-0.2, 0) is 23.1 Å². The average molecular weight is 469 g/mol. The summed E-state index contributed by atoms with van der Waals surface area (Å²) in [5.41, 5.74) is 5.62. The average Bonchev–Trinajstić information content (AvgIpc) is 3.48. The van der Waals surface area contributed by atoms with Gasteiger partial charge in [-0.05, 0) is 24.6 Å². The fraction of sp³-hybridized carbons (Fsp3) is 0.222. The first kappa shape index (κ1) is 21.4. The third-order valence-electron chi connectivity index (χ3n) is 6.95. The number of aromatic amines is 1. The first-order chi connectivity index (χ1) is 17.0. The van der Waals surface area contributed by atoms with Crippen LogP contribution in [0.1, 0.15) is 39.1 Å². The number of carbonyl (C=O) groups excluding carboxylic acids is 3. The van der Waals surface area contributed by atoms with Gasteiger partial charge in [0.15, 0.2) is 0 Å². The number of carbonyl (C=O) groups is 3. The van der Waals surface area contributed by atoms with Gasteiger partial charge in [-0.1, -0.05) is 36.4 Å². The van der Waals surface area contributed by atoms with E-state index in [9.17, 15) is 14.4 Å². The number of H-pyrrole nitrogens is 1. The smallest absolute Gasteiger partial charge is 0.305 e. The van der Waals surface area contributed by atoms with Crippen molar-refractivity contribution in [3.63, 3.8) is 0 Å². The molecule has 8 nitrogen and oxygen atoms in total. The normalized spacial score (nSPS) is 13.3. The van der Waals surface area contributed by atoms with Crippen molar-refractivity contribution < 1.29 is 19.1 Å². The van der Waals surface area contributed by atoms with Gasteiger partial charge in [0.05, 0.1) is 34.8 Å². The molecule has 1 aliphatic rings. The number of imide groups is 1. The molecule has 1 aliphatic heterocycles. The Hall–Kier alpha value is -4.17. The van der Waals surface area contributed by atoms with Crippen molar-refractivity contribution in [1.82, 2.24) is 20.2 Å². The lowest BCUT2D eigenvalue weighted by Crippen LogP contribution is -2.20. The maximum Gasteiger partial charge on any atom is 0.305 e. The molecule has 8 heteroatoms. The predicted molar refractivity (Wildman–Crippen MR) is 135 cm³/mol. The molecule has 0 bridgehead atoms. The summed E-state index contributed by atoms with van der Waals surface area (Å²) in [5.74, 6) is -0.935.